The molecule has 0 saturated carbocycles. The van der Waals surface area contributed by atoms with Crippen LogP contribution in [0.5, 0.6) is 0 Å². The Morgan fingerprint density at radius 3 is 2.84 bits per heavy atom. The number of rotatable bonds is 2. The van der Waals surface area contributed by atoms with Crippen LogP contribution in [0.15, 0.2) is 36.8 Å². The first kappa shape index (κ1) is 15.6. The molecule has 7 nitrogen and oxygen atoms in total. The molecule has 0 bridgehead atoms. The molecule has 0 saturated heterocycles. The Morgan fingerprint density at radius 1 is 1.20 bits per heavy atom. The second-order valence-corrected chi connectivity index (χ2v) is 5.94. The van der Waals surface area contributed by atoms with Crippen LogP contribution in [0, 0.1) is 5.82 Å². The number of nitrogens with zero attached hydrogens (tertiary/aromatic N) is 6. The van der Waals surface area contributed by atoms with Gasteiger partial charge in [0.15, 0.2) is 11.6 Å². The predicted molar refractivity (Wildman–Crippen MR) is 87.2 cm³/mol. The van der Waals surface area contributed by atoms with E-state index in [9.17, 15) is 9.18 Å². The first-order valence-electron chi connectivity index (χ1n) is 7.56. The fourth-order valence-electron chi connectivity index (χ4n) is 2.77. The van der Waals surface area contributed by atoms with Gasteiger partial charge in [-0.05, 0) is 18.2 Å². The van der Waals surface area contributed by atoms with E-state index >= 15 is 0 Å². The molecule has 0 N–H and O–H groups in total. The van der Waals surface area contributed by atoms with Crippen LogP contribution in [0.3, 0.4) is 0 Å². The molecule has 25 heavy (non-hydrogen) atoms. The molecule has 0 unspecified atom stereocenters. The topological polar surface area (TPSA) is 76.8 Å². The highest BCUT2D eigenvalue weighted by Gasteiger charge is 2.27. The molecule has 1 aliphatic rings. The highest BCUT2D eigenvalue weighted by atomic mass is 35.5. The summed E-state index contributed by atoms with van der Waals surface area (Å²) in [6.07, 6.45) is 4.79. The molecule has 0 spiro atoms. The van der Waals surface area contributed by atoms with Crippen molar-refractivity contribution >= 4 is 17.5 Å². The minimum Gasteiger partial charge on any atom is -0.329 e. The van der Waals surface area contributed by atoms with Gasteiger partial charge in [0, 0.05) is 25.5 Å². The van der Waals surface area contributed by atoms with Gasteiger partial charge in [0.1, 0.15) is 11.5 Å². The van der Waals surface area contributed by atoms with Crippen LogP contribution in [0.2, 0.25) is 5.02 Å². The van der Waals surface area contributed by atoms with E-state index in [-0.39, 0.29) is 16.5 Å². The lowest BCUT2D eigenvalue weighted by molar-refractivity contribution is 0.0708. The van der Waals surface area contributed by atoms with E-state index in [4.69, 9.17) is 11.6 Å². The van der Waals surface area contributed by atoms with E-state index in [2.05, 4.69) is 20.2 Å². The van der Waals surface area contributed by atoms with Crippen molar-refractivity contribution < 1.29 is 9.18 Å². The fraction of sp³-hybridized carbons (Fsp3) is 0.188. The number of benzene rings is 1. The van der Waals surface area contributed by atoms with Gasteiger partial charge < -0.3 is 9.47 Å². The largest absolute Gasteiger partial charge is 0.329 e. The van der Waals surface area contributed by atoms with Gasteiger partial charge in [-0.25, -0.2) is 9.37 Å². The molecule has 0 aliphatic carbocycles. The van der Waals surface area contributed by atoms with E-state index in [1.54, 1.807) is 23.5 Å². The van der Waals surface area contributed by atoms with Gasteiger partial charge >= 0.3 is 0 Å². The van der Waals surface area contributed by atoms with Gasteiger partial charge in [0.25, 0.3) is 5.91 Å². The maximum atomic E-state index is 13.2. The molecule has 4 rings (SSSR count). The summed E-state index contributed by atoms with van der Waals surface area (Å²) in [7, 11) is 0. The van der Waals surface area contributed by atoms with E-state index in [0.717, 1.165) is 6.07 Å². The molecule has 2 aromatic heterocycles. The molecule has 1 aliphatic heterocycles. The SMILES string of the molecule is O=C(c1ccc(F)cc1Cl)N1CCn2c(nnc2-c2cnccn2)C1. The van der Waals surface area contributed by atoms with Gasteiger partial charge in [-0.2, -0.15) is 0 Å². The first-order valence-corrected chi connectivity index (χ1v) is 7.94. The van der Waals surface area contributed by atoms with Crippen LogP contribution in [0.25, 0.3) is 11.5 Å². The summed E-state index contributed by atoms with van der Waals surface area (Å²) in [4.78, 5) is 22.5. The molecule has 1 aromatic carbocycles. The minimum absolute atomic E-state index is 0.0947. The maximum absolute atomic E-state index is 13.2. The van der Waals surface area contributed by atoms with Crippen molar-refractivity contribution in [2.24, 2.45) is 0 Å². The van der Waals surface area contributed by atoms with Crippen molar-refractivity contribution in [1.82, 2.24) is 29.6 Å². The average Bonchev–Trinajstić information content (AvgIpc) is 3.05. The first-order chi connectivity index (χ1) is 12.1. The minimum atomic E-state index is -0.478. The summed E-state index contributed by atoms with van der Waals surface area (Å²) < 4.78 is 15.1. The zero-order valence-electron chi connectivity index (χ0n) is 12.9. The molecule has 1 amide bonds. The number of hydrogen-bond acceptors (Lipinski definition) is 5. The number of carbonyl (C=O) groups is 1. The van der Waals surface area contributed by atoms with E-state index in [1.807, 2.05) is 4.57 Å². The van der Waals surface area contributed by atoms with Gasteiger partial charge in [-0.1, -0.05) is 11.6 Å². The van der Waals surface area contributed by atoms with Gasteiger partial charge in [-0.15, -0.1) is 10.2 Å². The second-order valence-electron chi connectivity index (χ2n) is 5.53. The zero-order valence-corrected chi connectivity index (χ0v) is 13.7. The molecule has 9 heteroatoms. The molecule has 0 radical (unpaired) electrons. The normalized spacial score (nSPS) is 13.6. The molecule has 0 atom stereocenters. The van der Waals surface area contributed by atoms with Crippen molar-refractivity contribution in [2.75, 3.05) is 6.54 Å². The second kappa shape index (κ2) is 6.21. The predicted octanol–water partition coefficient (Wildman–Crippen LogP) is 2.18. The monoisotopic (exact) mass is 358 g/mol. The fourth-order valence-corrected chi connectivity index (χ4v) is 3.02. The summed E-state index contributed by atoms with van der Waals surface area (Å²) in [5, 5.41) is 8.41. The van der Waals surface area contributed by atoms with Crippen molar-refractivity contribution in [3.8, 4) is 11.5 Å². The molecule has 0 fully saturated rings. The smallest absolute Gasteiger partial charge is 0.255 e. The van der Waals surface area contributed by atoms with Crippen LogP contribution in [0.1, 0.15) is 16.2 Å². The highest BCUT2D eigenvalue weighted by molar-refractivity contribution is 6.33. The lowest BCUT2D eigenvalue weighted by Crippen LogP contribution is -2.38. The van der Waals surface area contributed by atoms with Gasteiger partial charge in [0.2, 0.25) is 0 Å². The van der Waals surface area contributed by atoms with Gasteiger partial charge in [-0.3, -0.25) is 9.78 Å². The average molecular weight is 359 g/mol. The number of fused-ring (bicyclic) bond motifs is 1. The Balaban J connectivity index is 1.60. The number of halogens is 2. The lowest BCUT2D eigenvalue weighted by Gasteiger charge is -2.28. The quantitative estimate of drug-likeness (QED) is 0.701. The third-order valence-corrected chi connectivity index (χ3v) is 4.31. The third-order valence-electron chi connectivity index (χ3n) is 3.99. The van der Waals surface area contributed by atoms with Crippen molar-refractivity contribution in [3.63, 3.8) is 0 Å². The van der Waals surface area contributed by atoms with Crippen LogP contribution in [-0.4, -0.2) is 42.1 Å². The molecule has 3 aromatic rings. The third kappa shape index (κ3) is 2.85. The zero-order chi connectivity index (χ0) is 17.4. The van der Waals surface area contributed by atoms with Crippen molar-refractivity contribution in [3.05, 3.63) is 59.0 Å². The maximum Gasteiger partial charge on any atom is 0.255 e. The summed E-state index contributed by atoms with van der Waals surface area (Å²) >= 11 is 5.99. The van der Waals surface area contributed by atoms with E-state index < -0.39 is 5.82 Å². The lowest BCUT2D eigenvalue weighted by atomic mass is 10.1. The van der Waals surface area contributed by atoms with Crippen LogP contribution in [0.4, 0.5) is 4.39 Å². The number of aromatic nitrogens is 5. The Bertz CT molecular complexity index is 945. The van der Waals surface area contributed by atoms with Gasteiger partial charge in [0.05, 0.1) is 23.3 Å². The molecule has 3 heterocycles. The Morgan fingerprint density at radius 2 is 2.08 bits per heavy atom. The van der Waals surface area contributed by atoms with Crippen molar-refractivity contribution in [2.45, 2.75) is 13.1 Å². The molecular formula is C16H12ClFN6O. The Hall–Kier alpha value is -2.87. The number of carbonyl (C=O) groups excluding carboxylic acids is 1. The summed E-state index contributed by atoms with van der Waals surface area (Å²) in [5.41, 5.74) is 0.896. The number of hydrogen-bond donors (Lipinski definition) is 0. The summed E-state index contributed by atoms with van der Waals surface area (Å²) in [5.74, 6) is 0.530. The summed E-state index contributed by atoms with van der Waals surface area (Å²) in [6.45, 7) is 1.28. The highest BCUT2D eigenvalue weighted by Crippen LogP contribution is 2.23. The Labute approximate surface area is 147 Å². The summed E-state index contributed by atoms with van der Waals surface area (Å²) in [6, 6.07) is 3.75. The van der Waals surface area contributed by atoms with Crippen LogP contribution >= 0.6 is 11.6 Å². The van der Waals surface area contributed by atoms with Crippen LogP contribution < -0.4 is 0 Å². The standard InChI is InChI=1S/C16H12ClFN6O/c17-12-7-10(18)1-2-11(12)16(25)23-5-6-24-14(9-23)21-22-15(24)13-8-19-3-4-20-13/h1-4,7-8H,5-6,9H2. The Kier molecular flexibility index (Phi) is 3.89. The number of amides is 1. The molecular weight excluding hydrogens is 347 g/mol. The van der Waals surface area contributed by atoms with E-state index in [0.29, 0.717) is 37.0 Å². The van der Waals surface area contributed by atoms with E-state index in [1.165, 1.54) is 12.1 Å². The molecule has 126 valence electrons. The van der Waals surface area contributed by atoms with Crippen LogP contribution in [-0.2, 0) is 13.1 Å². The van der Waals surface area contributed by atoms with Crippen molar-refractivity contribution in [1.29, 1.82) is 0 Å².